The lowest BCUT2D eigenvalue weighted by Gasteiger charge is -2.39. The van der Waals surface area contributed by atoms with Gasteiger partial charge in [-0.15, -0.1) is 0 Å². The van der Waals surface area contributed by atoms with Gasteiger partial charge >= 0.3 is 11.9 Å². The van der Waals surface area contributed by atoms with Crippen LogP contribution < -0.4 is 0 Å². The van der Waals surface area contributed by atoms with Crippen LogP contribution in [-0.4, -0.2) is 89.0 Å². The summed E-state index contributed by atoms with van der Waals surface area (Å²) in [6, 6.07) is 0. The summed E-state index contributed by atoms with van der Waals surface area (Å²) in [6.45, 7) is 3.34. The molecule has 0 amide bonds. The minimum Gasteiger partial charge on any atom is -0.462 e. The first-order chi connectivity index (χ1) is 32.8. The Morgan fingerprint density at radius 3 is 1.33 bits per heavy atom. The molecule has 1 saturated heterocycles. The molecule has 10 heteroatoms. The molecule has 0 aromatic heterocycles. The molecule has 0 aromatic carbocycles. The van der Waals surface area contributed by atoms with Gasteiger partial charge in [-0.2, -0.15) is 0 Å². The molecule has 0 radical (unpaired) electrons. The third kappa shape index (κ3) is 38.1. The normalized spacial score (nSPS) is 19.4. The molecule has 1 rings (SSSR count). The van der Waals surface area contributed by atoms with Gasteiger partial charge in [0.1, 0.15) is 31.0 Å². The second-order valence-electron chi connectivity index (χ2n) is 19.0. The van der Waals surface area contributed by atoms with E-state index in [4.69, 9.17) is 18.9 Å². The average Bonchev–Trinajstić information content (AvgIpc) is 3.33. The van der Waals surface area contributed by atoms with E-state index < -0.39 is 49.4 Å². The van der Waals surface area contributed by atoms with E-state index in [1.807, 2.05) is 0 Å². The Hall–Kier alpha value is -2.34. The van der Waals surface area contributed by atoms with Crippen LogP contribution in [0.2, 0.25) is 0 Å². The van der Waals surface area contributed by atoms with Gasteiger partial charge < -0.3 is 39.4 Å². The summed E-state index contributed by atoms with van der Waals surface area (Å²) in [7, 11) is 0. The SMILES string of the molecule is CC/C=C\C/C=C\C/C=C\C/C=C\CCCCCCCCC(=O)OC(COC(=O)CCCCCCCCCCCCCCCCCCCCCCCCC)COC1OC(CO)C(O)C(O)C1O. The predicted octanol–water partition coefficient (Wildman–Crippen LogP) is 13.6. The number of hydrogen-bond donors (Lipinski definition) is 4. The van der Waals surface area contributed by atoms with Crippen molar-refractivity contribution in [3.63, 3.8) is 0 Å². The number of hydrogen-bond acceptors (Lipinski definition) is 10. The number of carbonyl (C=O) groups is 2. The molecule has 0 aromatic rings. The van der Waals surface area contributed by atoms with E-state index in [1.165, 1.54) is 128 Å². The smallest absolute Gasteiger partial charge is 0.306 e. The van der Waals surface area contributed by atoms with Crippen molar-refractivity contribution in [3.05, 3.63) is 48.6 Å². The third-order valence-electron chi connectivity index (χ3n) is 12.7. The maximum atomic E-state index is 12.9. The largest absolute Gasteiger partial charge is 0.462 e. The molecule has 390 valence electrons. The fraction of sp³-hybridized carbons (Fsp3) is 0.825. The highest BCUT2D eigenvalue weighted by Gasteiger charge is 2.44. The van der Waals surface area contributed by atoms with E-state index in [2.05, 4.69) is 62.5 Å². The minimum atomic E-state index is -1.60. The Labute approximate surface area is 409 Å². The first kappa shape index (κ1) is 62.7. The van der Waals surface area contributed by atoms with E-state index in [0.717, 1.165) is 83.5 Å². The summed E-state index contributed by atoms with van der Waals surface area (Å²) < 4.78 is 22.3. The van der Waals surface area contributed by atoms with E-state index >= 15 is 0 Å². The highest BCUT2D eigenvalue weighted by molar-refractivity contribution is 5.70. The topological polar surface area (TPSA) is 152 Å². The van der Waals surface area contributed by atoms with Crippen molar-refractivity contribution in [1.29, 1.82) is 0 Å². The lowest BCUT2D eigenvalue weighted by molar-refractivity contribution is -0.305. The number of allylic oxidation sites excluding steroid dienone is 8. The molecule has 0 bridgehead atoms. The molecular weight excluding hydrogens is 845 g/mol. The lowest BCUT2D eigenvalue weighted by Crippen LogP contribution is -2.59. The number of aliphatic hydroxyl groups is 4. The van der Waals surface area contributed by atoms with Gasteiger partial charge in [0.2, 0.25) is 0 Å². The van der Waals surface area contributed by atoms with Gasteiger partial charge in [-0.3, -0.25) is 9.59 Å². The summed E-state index contributed by atoms with van der Waals surface area (Å²) in [5.41, 5.74) is 0. The molecule has 67 heavy (non-hydrogen) atoms. The molecular formula is C57H102O10. The number of aliphatic hydroxyl groups excluding tert-OH is 4. The summed E-state index contributed by atoms with van der Waals surface area (Å²) in [5, 5.41) is 40.3. The third-order valence-corrected chi connectivity index (χ3v) is 12.7. The Kier molecular flexibility index (Phi) is 44.3. The average molecular weight is 947 g/mol. The summed E-state index contributed by atoms with van der Waals surface area (Å²) in [4.78, 5) is 25.5. The molecule has 0 aliphatic carbocycles. The number of ether oxygens (including phenoxy) is 4. The number of rotatable bonds is 47. The molecule has 1 heterocycles. The van der Waals surface area contributed by atoms with Gasteiger partial charge in [-0.25, -0.2) is 0 Å². The fourth-order valence-corrected chi connectivity index (χ4v) is 8.42. The van der Waals surface area contributed by atoms with Crippen LogP contribution in [0.3, 0.4) is 0 Å². The summed E-state index contributed by atoms with van der Waals surface area (Å²) in [6.07, 6.45) is 51.2. The van der Waals surface area contributed by atoms with E-state index in [0.29, 0.717) is 6.42 Å². The summed E-state index contributed by atoms with van der Waals surface area (Å²) >= 11 is 0. The van der Waals surface area contributed by atoms with Crippen LogP contribution in [-0.2, 0) is 28.5 Å². The number of esters is 2. The fourth-order valence-electron chi connectivity index (χ4n) is 8.42. The number of unbranched alkanes of at least 4 members (excludes halogenated alkanes) is 28. The van der Waals surface area contributed by atoms with Gasteiger partial charge in [-0.05, 0) is 51.4 Å². The molecule has 0 saturated carbocycles. The Balaban J connectivity index is 2.22. The van der Waals surface area contributed by atoms with Crippen LogP contribution in [0.1, 0.15) is 245 Å². The van der Waals surface area contributed by atoms with E-state index in [-0.39, 0.29) is 32.0 Å². The second kappa shape index (κ2) is 47.3. The van der Waals surface area contributed by atoms with Gasteiger partial charge in [0, 0.05) is 12.8 Å². The predicted molar refractivity (Wildman–Crippen MR) is 275 cm³/mol. The monoisotopic (exact) mass is 947 g/mol. The zero-order valence-corrected chi connectivity index (χ0v) is 42.9. The van der Waals surface area contributed by atoms with E-state index in [9.17, 15) is 30.0 Å². The summed E-state index contributed by atoms with van der Waals surface area (Å²) in [5.74, 6) is -0.813. The quantitative estimate of drug-likeness (QED) is 0.0264. The molecule has 10 nitrogen and oxygen atoms in total. The van der Waals surface area contributed by atoms with Crippen molar-refractivity contribution in [2.45, 2.75) is 282 Å². The Morgan fingerprint density at radius 2 is 0.881 bits per heavy atom. The van der Waals surface area contributed by atoms with Crippen molar-refractivity contribution < 1.29 is 49.0 Å². The maximum Gasteiger partial charge on any atom is 0.306 e. The molecule has 4 N–H and O–H groups in total. The van der Waals surface area contributed by atoms with Crippen LogP contribution in [0.15, 0.2) is 48.6 Å². The van der Waals surface area contributed by atoms with Crippen LogP contribution in [0.25, 0.3) is 0 Å². The maximum absolute atomic E-state index is 12.9. The van der Waals surface area contributed by atoms with Crippen LogP contribution >= 0.6 is 0 Å². The first-order valence-electron chi connectivity index (χ1n) is 27.7. The van der Waals surface area contributed by atoms with Crippen LogP contribution in [0.5, 0.6) is 0 Å². The van der Waals surface area contributed by atoms with Crippen molar-refractivity contribution in [1.82, 2.24) is 0 Å². The highest BCUT2D eigenvalue weighted by Crippen LogP contribution is 2.23. The zero-order valence-electron chi connectivity index (χ0n) is 42.9. The minimum absolute atomic E-state index is 0.214. The Morgan fingerprint density at radius 1 is 0.478 bits per heavy atom. The van der Waals surface area contributed by atoms with Crippen LogP contribution in [0, 0.1) is 0 Å². The van der Waals surface area contributed by atoms with Gasteiger partial charge in [0.15, 0.2) is 12.4 Å². The van der Waals surface area contributed by atoms with Crippen molar-refractivity contribution >= 4 is 11.9 Å². The van der Waals surface area contributed by atoms with Crippen molar-refractivity contribution in [2.75, 3.05) is 19.8 Å². The number of carbonyl (C=O) groups excluding carboxylic acids is 2. The molecule has 6 atom stereocenters. The molecule has 1 aliphatic rings. The van der Waals surface area contributed by atoms with Gasteiger partial charge in [0.25, 0.3) is 0 Å². The second-order valence-corrected chi connectivity index (χ2v) is 19.0. The molecule has 6 unspecified atom stereocenters. The zero-order chi connectivity index (χ0) is 48.7. The molecule has 0 spiro atoms. The molecule has 1 fully saturated rings. The van der Waals surface area contributed by atoms with Crippen molar-refractivity contribution in [2.24, 2.45) is 0 Å². The lowest BCUT2D eigenvalue weighted by atomic mass is 9.99. The first-order valence-corrected chi connectivity index (χ1v) is 27.7. The van der Waals surface area contributed by atoms with Gasteiger partial charge in [0.05, 0.1) is 13.2 Å². The molecule has 1 aliphatic heterocycles. The standard InChI is InChI=1S/C57H102O10/c1-3-5-7-9-11-13-15-17-19-21-23-24-25-26-28-29-31-33-35-37-39-41-43-45-52(59)64-48-50(49-65-57-56(63)55(62)54(61)51(47-58)67-57)66-53(60)46-44-42-40-38-36-34-32-30-27-22-20-18-16-14-12-10-8-6-4-2/h6,8,12,14,18,20,27,30,50-51,54-58,61-63H,3-5,7,9-11,13,15-17,19,21-26,28-29,31-49H2,1-2H3/b8-6-,14-12-,20-18-,30-27-. The highest BCUT2D eigenvalue weighted by atomic mass is 16.7. The van der Waals surface area contributed by atoms with E-state index in [1.54, 1.807) is 0 Å². The Bertz CT molecular complexity index is 1230. The van der Waals surface area contributed by atoms with Crippen molar-refractivity contribution in [3.8, 4) is 0 Å². The van der Waals surface area contributed by atoms with Crippen LogP contribution in [0.4, 0.5) is 0 Å². The van der Waals surface area contributed by atoms with Gasteiger partial charge in [-0.1, -0.05) is 229 Å².